The maximum atomic E-state index is 12.1. The first kappa shape index (κ1) is 12.6. The highest BCUT2D eigenvalue weighted by molar-refractivity contribution is 9.10. The minimum atomic E-state index is -0.233. The minimum absolute atomic E-state index is 0.233. The van der Waals surface area contributed by atoms with Crippen LogP contribution in [-0.4, -0.2) is 10.9 Å². The number of aromatic nitrogens is 1. The maximum Gasteiger partial charge on any atom is 0.266 e. The lowest BCUT2D eigenvalue weighted by Gasteiger charge is -2.19. The fourth-order valence-corrected chi connectivity index (χ4v) is 3.09. The van der Waals surface area contributed by atoms with Crippen molar-refractivity contribution in [2.75, 3.05) is 0 Å². The molecule has 98 valence electrons. The van der Waals surface area contributed by atoms with Gasteiger partial charge in [0.1, 0.15) is 0 Å². The van der Waals surface area contributed by atoms with Crippen molar-refractivity contribution in [1.82, 2.24) is 10.4 Å². The third kappa shape index (κ3) is 2.13. The Bertz CT molecular complexity index is 669. The summed E-state index contributed by atoms with van der Waals surface area (Å²) in [6.45, 7) is 0. The first-order chi connectivity index (χ1) is 9.20. The molecular weight excluding hydrogens is 306 g/mol. The van der Waals surface area contributed by atoms with Crippen molar-refractivity contribution in [3.8, 4) is 0 Å². The lowest BCUT2D eigenvalue weighted by molar-refractivity contribution is 0.0954. The number of nitrogens with two attached hydrogens (primary N) is 1. The number of pyridine rings is 1. The number of amides is 1. The zero-order valence-electron chi connectivity index (χ0n) is 10.4. The number of hydrazine groups is 1. The number of fused-ring (bicyclic) bond motifs is 2. The van der Waals surface area contributed by atoms with Gasteiger partial charge in [0.15, 0.2) is 0 Å². The second-order valence-electron chi connectivity index (χ2n) is 4.75. The van der Waals surface area contributed by atoms with E-state index in [0.717, 1.165) is 52.3 Å². The van der Waals surface area contributed by atoms with Gasteiger partial charge in [-0.05, 0) is 49.4 Å². The molecule has 0 radical (unpaired) electrons. The van der Waals surface area contributed by atoms with E-state index in [1.54, 1.807) is 0 Å². The topological polar surface area (TPSA) is 68.0 Å². The van der Waals surface area contributed by atoms with E-state index < -0.39 is 0 Å². The minimum Gasteiger partial charge on any atom is -0.290 e. The van der Waals surface area contributed by atoms with Gasteiger partial charge in [-0.15, -0.1) is 0 Å². The molecule has 0 fully saturated rings. The molecule has 1 aliphatic carbocycles. The highest BCUT2D eigenvalue weighted by atomic mass is 79.9. The third-order valence-electron chi connectivity index (χ3n) is 3.58. The van der Waals surface area contributed by atoms with Crippen LogP contribution in [0.1, 0.15) is 34.5 Å². The zero-order chi connectivity index (χ0) is 13.4. The summed E-state index contributed by atoms with van der Waals surface area (Å²) < 4.78 is 0.934. The van der Waals surface area contributed by atoms with Gasteiger partial charge in [-0.1, -0.05) is 15.9 Å². The smallest absolute Gasteiger partial charge is 0.266 e. The standard InChI is InChI=1S/C14H14BrN3O/c15-8-5-6-12-10(7-8)13(14(19)18-16)9-3-1-2-4-11(9)17-12/h5-7H,1-4,16H2,(H,18,19). The van der Waals surface area contributed by atoms with Gasteiger partial charge in [0.05, 0.1) is 11.1 Å². The van der Waals surface area contributed by atoms with E-state index in [-0.39, 0.29) is 5.91 Å². The van der Waals surface area contributed by atoms with E-state index in [1.807, 2.05) is 18.2 Å². The Hall–Kier alpha value is -1.46. The average Bonchev–Trinajstić information content (AvgIpc) is 2.44. The number of aryl methyl sites for hydroxylation is 1. The summed E-state index contributed by atoms with van der Waals surface area (Å²) in [5.74, 6) is 5.10. The fraction of sp³-hybridized carbons (Fsp3) is 0.286. The Morgan fingerprint density at radius 1 is 1.32 bits per heavy atom. The molecule has 0 atom stereocenters. The van der Waals surface area contributed by atoms with Crippen LogP contribution in [-0.2, 0) is 12.8 Å². The third-order valence-corrected chi connectivity index (χ3v) is 4.08. The Kier molecular flexibility index (Phi) is 3.24. The average molecular weight is 320 g/mol. The monoisotopic (exact) mass is 319 g/mol. The van der Waals surface area contributed by atoms with E-state index >= 15 is 0 Å². The highest BCUT2D eigenvalue weighted by Gasteiger charge is 2.22. The Morgan fingerprint density at radius 2 is 2.11 bits per heavy atom. The van der Waals surface area contributed by atoms with Gasteiger partial charge in [-0.3, -0.25) is 15.2 Å². The molecule has 0 saturated heterocycles. The summed E-state index contributed by atoms with van der Waals surface area (Å²) in [5, 5.41) is 0.859. The van der Waals surface area contributed by atoms with Gasteiger partial charge in [-0.2, -0.15) is 0 Å². The number of rotatable bonds is 1. The van der Waals surface area contributed by atoms with Crippen molar-refractivity contribution in [3.05, 3.63) is 39.5 Å². The van der Waals surface area contributed by atoms with Gasteiger partial charge < -0.3 is 0 Å². The summed E-state index contributed by atoms with van der Waals surface area (Å²) in [7, 11) is 0. The van der Waals surface area contributed by atoms with Crippen LogP contribution in [0.3, 0.4) is 0 Å². The number of carbonyl (C=O) groups is 1. The van der Waals surface area contributed by atoms with E-state index in [1.165, 1.54) is 0 Å². The Morgan fingerprint density at radius 3 is 2.89 bits per heavy atom. The highest BCUT2D eigenvalue weighted by Crippen LogP contribution is 2.30. The molecule has 0 bridgehead atoms. The van der Waals surface area contributed by atoms with Gasteiger partial charge in [0.25, 0.3) is 5.91 Å². The SMILES string of the molecule is NNC(=O)c1c2c(nc3ccc(Br)cc13)CCCC2. The molecule has 0 aliphatic heterocycles. The molecule has 3 N–H and O–H groups in total. The number of hydrogen-bond acceptors (Lipinski definition) is 3. The molecule has 1 aliphatic rings. The van der Waals surface area contributed by atoms with Crippen molar-refractivity contribution in [2.45, 2.75) is 25.7 Å². The number of halogens is 1. The summed E-state index contributed by atoms with van der Waals surface area (Å²) >= 11 is 3.44. The molecule has 3 rings (SSSR count). The number of nitrogen functional groups attached to an aromatic ring is 1. The normalized spacial score (nSPS) is 14.2. The molecule has 19 heavy (non-hydrogen) atoms. The van der Waals surface area contributed by atoms with Crippen LogP contribution >= 0.6 is 15.9 Å². The van der Waals surface area contributed by atoms with Crippen molar-refractivity contribution < 1.29 is 4.79 Å². The maximum absolute atomic E-state index is 12.1. The van der Waals surface area contributed by atoms with Crippen LogP contribution < -0.4 is 11.3 Å². The predicted molar refractivity (Wildman–Crippen MR) is 77.7 cm³/mol. The van der Waals surface area contributed by atoms with E-state index in [2.05, 4.69) is 21.4 Å². The summed E-state index contributed by atoms with van der Waals surface area (Å²) in [6.07, 6.45) is 4.06. The molecule has 0 unspecified atom stereocenters. The molecule has 1 aromatic heterocycles. The van der Waals surface area contributed by atoms with Gasteiger partial charge in [0, 0.05) is 15.6 Å². The molecule has 0 spiro atoms. The zero-order valence-corrected chi connectivity index (χ0v) is 12.0. The van der Waals surface area contributed by atoms with Crippen LogP contribution in [0.5, 0.6) is 0 Å². The molecule has 1 aromatic carbocycles. The largest absolute Gasteiger partial charge is 0.290 e. The lowest BCUT2D eigenvalue weighted by Crippen LogP contribution is -2.32. The fourth-order valence-electron chi connectivity index (χ4n) is 2.73. The van der Waals surface area contributed by atoms with Gasteiger partial charge in [-0.25, -0.2) is 5.84 Å². The molecule has 1 heterocycles. The number of hydrogen-bond donors (Lipinski definition) is 2. The van der Waals surface area contributed by atoms with Crippen molar-refractivity contribution in [1.29, 1.82) is 0 Å². The van der Waals surface area contributed by atoms with E-state index in [9.17, 15) is 4.79 Å². The first-order valence-corrected chi connectivity index (χ1v) is 7.12. The molecular formula is C14H14BrN3O. The first-order valence-electron chi connectivity index (χ1n) is 6.32. The van der Waals surface area contributed by atoms with Crippen LogP contribution in [0, 0.1) is 0 Å². The van der Waals surface area contributed by atoms with Crippen molar-refractivity contribution in [3.63, 3.8) is 0 Å². The summed E-state index contributed by atoms with van der Waals surface area (Å²) in [6, 6.07) is 5.80. The molecule has 5 heteroatoms. The molecule has 2 aromatic rings. The van der Waals surface area contributed by atoms with Crippen molar-refractivity contribution in [2.24, 2.45) is 5.84 Å². The summed E-state index contributed by atoms with van der Waals surface area (Å²) in [5.41, 5.74) is 5.89. The number of benzene rings is 1. The molecule has 4 nitrogen and oxygen atoms in total. The van der Waals surface area contributed by atoms with Gasteiger partial charge >= 0.3 is 0 Å². The van der Waals surface area contributed by atoms with Crippen LogP contribution in [0.2, 0.25) is 0 Å². The molecule has 0 saturated carbocycles. The van der Waals surface area contributed by atoms with E-state index in [0.29, 0.717) is 5.56 Å². The summed E-state index contributed by atoms with van der Waals surface area (Å²) in [4.78, 5) is 16.8. The van der Waals surface area contributed by atoms with Crippen LogP contribution in [0.15, 0.2) is 22.7 Å². The molecule has 1 amide bonds. The van der Waals surface area contributed by atoms with Crippen molar-refractivity contribution >= 4 is 32.7 Å². The van der Waals surface area contributed by atoms with E-state index in [4.69, 9.17) is 10.8 Å². The lowest BCUT2D eigenvalue weighted by atomic mass is 9.89. The second kappa shape index (κ2) is 4.90. The predicted octanol–water partition coefficient (Wildman–Crippen LogP) is 2.48. The Balaban J connectivity index is 2.37. The number of nitrogens with one attached hydrogen (secondary N) is 1. The quantitative estimate of drug-likeness (QED) is 0.482. The van der Waals surface area contributed by atoms with Gasteiger partial charge in [0.2, 0.25) is 0 Å². The van der Waals surface area contributed by atoms with Crippen LogP contribution in [0.4, 0.5) is 0 Å². The second-order valence-corrected chi connectivity index (χ2v) is 5.67. The Labute approximate surface area is 119 Å². The number of carbonyl (C=O) groups excluding carboxylic acids is 1. The van der Waals surface area contributed by atoms with Crippen LogP contribution in [0.25, 0.3) is 10.9 Å². The number of nitrogens with zero attached hydrogens (tertiary/aromatic N) is 1.